The summed E-state index contributed by atoms with van der Waals surface area (Å²) in [4.78, 5) is 86.1. The van der Waals surface area contributed by atoms with Gasteiger partial charge < -0.3 is 47.8 Å². The van der Waals surface area contributed by atoms with Gasteiger partial charge in [-0.15, -0.1) is 0 Å². The van der Waals surface area contributed by atoms with Gasteiger partial charge in [0.2, 0.25) is 35.4 Å². The number of amides is 6. The van der Waals surface area contributed by atoms with Crippen LogP contribution in [0.4, 0.5) is 0 Å². The third-order valence-electron chi connectivity index (χ3n) is 6.67. The van der Waals surface area contributed by atoms with Crippen LogP contribution in [0.25, 0.3) is 0 Å². The third kappa shape index (κ3) is 14.1. The number of aliphatic hydroxyl groups excluding tert-OH is 1. The molecule has 0 aromatic heterocycles. The highest BCUT2D eigenvalue weighted by molar-refractivity contribution is 5.95. The van der Waals surface area contributed by atoms with E-state index in [0.717, 1.165) is 5.56 Å². The Hall–Kier alpha value is -5.35. The SMILES string of the molecule is C[C@H](NC(=O)CNC(=O)[C@@H](NC(=O)[C@H](Cc1ccccc1)NC(=O)CNC(=O)CNC(=O)[C@@H](N)Cc1ccccc1)[C@@H](C)O)C(=O)O. The fourth-order valence-electron chi connectivity index (χ4n) is 4.10. The maximum Gasteiger partial charge on any atom is 0.325 e. The van der Waals surface area contributed by atoms with Crippen LogP contribution in [0.5, 0.6) is 0 Å². The number of aliphatic hydroxyl groups is 1. The molecule has 10 N–H and O–H groups in total. The summed E-state index contributed by atoms with van der Waals surface area (Å²) in [6.45, 7) is 0.841. The molecule has 0 heterocycles. The topological polar surface area (TPSA) is 258 Å². The second kappa shape index (κ2) is 19.2. The molecule has 0 saturated carbocycles. The molecule has 0 radical (unpaired) electrons. The van der Waals surface area contributed by atoms with Crippen LogP contribution in [-0.2, 0) is 46.4 Å². The van der Waals surface area contributed by atoms with E-state index in [4.69, 9.17) is 10.8 Å². The minimum Gasteiger partial charge on any atom is -0.480 e. The molecule has 0 aliphatic carbocycles. The lowest BCUT2D eigenvalue weighted by atomic mass is 10.0. The summed E-state index contributed by atoms with van der Waals surface area (Å²) in [7, 11) is 0. The van der Waals surface area contributed by atoms with Crippen LogP contribution in [0, 0.1) is 0 Å². The van der Waals surface area contributed by atoms with Crippen molar-refractivity contribution in [3.8, 4) is 0 Å². The molecule has 0 spiro atoms. The van der Waals surface area contributed by atoms with Crippen molar-refractivity contribution in [1.29, 1.82) is 0 Å². The molecule has 47 heavy (non-hydrogen) atoms. The first-order valence-corrected chi connectivity index (χ1v) is 14.7. The average molecular weight is 656 g/mol. The Labute approximate surface area is 271 Å². The fourth-order valence-corrected chi connectivity index (χ4v) is 4.10. The van der Waals surface area contributed by atoms with E-state index in [1.807, 2.05) is 30.3 Å². The van der Waals surface area contributed by atoms with E-state index in [1.165, 1.54) is 13.8 Å². The molecular weight excluding hydrogens is 614 g/mol. The van der Waals surface area contributed by atoms with Crippen LogP contribution in [0.3, 0.4) is 0 Å². The van der Waals surface area contributed by atoms with Gasteiger partial charge >= 0.3 is 5.97 Å². The van der Waals surface area contributed by atoms with Crippen molar-refractivity contribution in [1.82, 2.24) is 31.9 Å². The normalized spacial score (nSPS) is 13.8. The third-order valence-corrected chi connectivity index (χ3v) is 6.67. The molecule has 16 nitrogen and oxygen atoms in total. The van der Waals surface area contributed by atoms with Crippen molar-refractivity contribution >= 4 is 41.4 Å². The Balaban J connectivity index is 1.95. The van der Waals surface area contributed by atoms with Crippen LogP contribution >= 0.6 is 0 Å². The number of nitrogens with two attached hydrogens (primary N) is 1. The number of carboxylic acids is 1. The molecule has 0 bridgehead atoms. The van der Waals surface area contributed by atoms with Gasteiger partial charge in [0.1, 0.15) is 18.1 Å². The number of carboxylic acid groups (broad SMARTS) is 1. The van der Waals surface area contributed by atoms with Crippen molar-refractivity contribution in [3.05, 3.63) is 71.8 Å². The van der Waals surface area contributed by atoms with Gasteiger partial charge in [0.15, 0.2) is 0 Å². The number of aliphatic carboxylic acids is 1. The predicted octanol–water partition coefficient (Wildman–Crippen LogP) is -2.91. The van der Waals surface area contributed by atoms with Gasteiger partial charge in [0.05, 0.1) is 31.8 Å². The Bertz CT molecular complexity index is 1390. The largest absolute Gasteiger partial charge is 0.480 e. The lowest BCUT2D eigenvalue weighted by Crippen LogP contribution is -2.59. The van der Waals surface area contributed by atoms with Gasteiger partial charge in [-0.1, -0.05) is 60.7 Å². The number of benzene rings is 2. The smallest absolute Gasteiger partial charge is 0.325 e. The van der Waals surface area contributed by atoms with E-state index >= 15 is 0 Å². The monoisotopic (exact) mass is 655 g/mol. The van der Waals surface area contributed by atoms with Gasteiger partial charge in [-0.05, 0) is 31.4 Å². The molecule has 2 rings (SSSR count). The number of nitrogens with one attached hydrogen (secondary N) is 6. The molecule has 16 heteroatoms. The first-order valence-electron chi connectivity index (χ1n) is 14.7. The summed E-state index contributed by atoms with van der Waals surface area (Å²) in [5.41, 5.74) is 7.40. The number of rotatable bonds is 18. The molecule has 0 saturated heterocycles. The average Bonchev–Trinajstić information content (AvgIpc) is 3.04. The first kappa shape index (κ1) is 37.8. The predicted molar refractivity (Wildman–Crippen MR) is 168 cm³/mol. The summed E-state index contributed by atoms with van der Waals surface area (Å²) in [6, 6.07) is 12.8. The maximum atomic E-state index is 13.3. The standard InChI is InChI=1S/C31H41N7O9/c1-18(31(46)47)36-25(41)17-35-30(45)27(19(2)39)38-29(44)23(14-21-11-7-4-8-12-21)37-26(42)16-33-24(40)15-34-28(43)22(32)13-20-9-5-3-6-10-20/h3-12,18-19,22-23,27,39H,13-17,32H2,1-2H3,(H,33,40)(H,34,43)(H,35,45)(H,36,41)(H,37,42)(H,38,44)(H,46,47)/t18-,19+,22-,23-,27-/m0/s1. The van der Waals surface area contributed by atoms with Crippen molar-refractivity contribution in [2.45, 2.75) is 57.0 Å². The van der Waals surface area contributed by atoms with Crippen LogP contribution in [0.1, 0.15) is 25.0 Å². The minimum atomic E-state index is -1.54. The molecular formula is C31H41N7O9. The van der Waals surface area contributed by atoms with Gasteiger partial charge in [-0.3, -0.25) is 33.6 Å². The van der Waals surface area contributed by atoms with E-state index in [2.05, 4.69) is 31.9 Å². The van der Waals surface area contributed by atoms with E-state index in [1.54, 1.807) is 30.3 Å². The first-order chi connectivity index (χ1) is 22.3. The second-order valence-electron chi connectivity index (χ2n) is 10.7. The Morgan fingerprint density at radius 3 is 1.68 bits per heavy atom. The highest BCUT2D eigenvalue weighted by Crippen LogP contribution is 2.05. The molecule has 0 unspecified atom stereocenters. The minimum absolute atomic E-state index is 0.0225. The lowest BCUT2D eigenvalue weighted by molar-refractivity contribution is -0.141. The molecule has 6 amide bonds. The summed E-state index contributed by atoms with van der Waals surface area (Å²) < 4.78 is 0. The highest BCUT2D eigenvalue weighted by atomic mass is 16.4. The van der Waals surface area contributed by atoms with Gasteiger partial charge in [-0.2, -0.15) is 0 Å². The van der Waals surface area contributed by atoms with Crippen molar-refractivity contribution in [3.63, 3.8) is 0 Å². The van der Waals surface area contributed by atoms with E-state index in [9.17, 15) is 38.7 Å². The molecule has 254 valence electrons. The summed E-state index contributed by atoms with van der Waals surface area (Å²) in [5.74, 6) is -5.88. The maximum absolute atomic E-state index is 13.3. The van der Waals surface area contributed by atoms with E-state index in [-0.39, 0.29) is 12.8 Å². The zero-order chi connectivity index (χ0) is 34.9. The zero-order valence-electron chi connectivity index (χ0n) is 26.0. The van der Waals surface area contributed by atoms with E-state index < -0.39 is 91.3 Å². The molecule has 2 aromatic carbocycles. The van der Waals surface area contributed by atoms with Gasteiger partial charge in [-0.25, -0.2) is 0 Å². The number of hydrogen-bond acceptors (Lipinski definition) is 9. The number of carbonyl (C=O) groups excluding carboxylic acids is 6. The van der Waals surface area contributed by atoms with Crippen LogP contribution in [-0.4, -0.2) is 102 Å². The quantitative estimate of drug-likeness (QED) is 0.0791. The van der Waals surface area contributed by atoms with Crippen LogP contribution in [0.2, 0.25) is 0 Å². The highest BCUT2D eigenvalue weighted by Gasteiger charge is 2.30. The summed E-state index contributed by atoms with van der Waals surface area (Å²) in [6.07, 6.45) is -1.19. The number of hydrogen-bond donors (Lipinski definition) is 9. The van der Waals surface area contributed by atoms with Crippen LogP contribution < -0.4 is 37.6 Å². The molecule has 0 fully saturated rings. The van der Waals surface area contributed by atoms with Gasteiger partial charge in [0, 0.05) is 6.42 Å². The number of carbonyl (C=O) groups is 7. The van der Waals surface area contributed by atoms with Gasteiger partial charge in [0.25, 0.3) is 0 Å². The lowest BCUT2D eigenvalue weighted by Gasteiger charge is -2.25. The fraction of sp³-hybridized carbons (Fsp3) is 0.387. The summed E-state index contributed by atoms with van der Waals surface area (Å²) in [5, 5.41) is 33.1. The molecule has 2 aromatic rings. The van der Waals surface area contributed by atoms with Crippen molar-refractivity contribution < 1.29 is 43.8 Å². The van der Waals surface area contributed by atoms with E-state index in [0.29, 0.717) is 5.56 Å². The molecule has 0 aliphatic heterocycles. The van der Waals surface area contributed by atoms with Crippen molar-refractivity contribution in [2.24, 2.45) is 5.73 Å². The summed E-state index contributed by atoms with van der Waals surface area (Å²) >= 11 is 0. The Kier molecular flexibility index (Phi) is 15.5. The van der Waals surface area contributed by atoms with Crippen molar-refractivity contribution in [2.75, 3.05) is 19.6 Å². The Morgan fingerprint density at radius 2 is 1.13 bits per heavy atom. The second-order valence-corrected chi connectivity index (χ2v) is 10.7. The van der Waals surface area contributed by atoms with Crippen LogP contribution in [0.15, 0.2) is 60.7 Å². The molecule has 0 aliphatic rings. The molecule has 5 atom stereocenters. The zero-order valence-corrected chi connectivity index (χ0v) is 26.0. The Morgan fingerprint density at radius 1 is 0.638 bits per heavy atom.